The number of rotatable bonds is 6. The molecule has 0 aromatic heterocycles. The third kappa shape index (κ3) is 32.3. The fourth-order valence-corrected chi connectivity index (χ4v) is 0.957. The minimum Gasteiger partial charge on any atom is -0.870 e. The summed E-state index contributed by atoms with van der Waals surface area (Å²) in [6.45, 7) is 6.05. The van der Waals surface area contributed by atoms with Crippen LogP contribution in [0.1, 0.15) is 51.9 Å². The second-order valence-corrected chi connectivity index (χ2v) is 2.62. The smallest absolute Gasteiger partial charge is 0.870 e. The van der Waals surface area contributed by atoms with Crippen molar-refractivity contribution in [1.82, 2.24) is 0 Å². The predicted molar refractivity (Wildman–Crippen MR) is 49.2 cm³/mol. The van der Waals surface area contributed by atoms with Gasteiger partial charge >= 0.3 is 26.2 Å². The summed E-state index contributed by atoms with van der Waals surface area (Å²) in [4.78, 5) is 0. The van der Waals surface area contributed by atoms with Crippen LogP contribution in [0.4, 0.5) is 0 Å². The van der Waals surface area contributed by atoms with Crippen molar-refractivity contribution in [3.8, 4) is 0 Å². The molecular formula is C9H22O3Zr. The summed E-state index contributed by atoms with van der Waals surface area (Å²) in [5.74, 6) is 0. The molecule has 0 aliphatic heterocycles. The molecular weight excluding hydrogens is 247 g/mol. The third-order valence-corrected chi connectivity index (χ3v) is 1.60. The van der Waals surface area contributed by atoms with Crippen LogP contribution in [-0.2, 0) is 26.2 Å². The average Bonchev–Trinajstić information content (AvgIpc) is 1.89. The molecule has 13 heavy (non-hydrogen) atoms. The predicted octanol–water partition coefficient (Wildman–Crippen LogP) is 3.04. The van der Waals surface area contributed by atoms with Crippen molar-refractivity contribution < 1.29 is 42.6 Å². The third-order valence-electron chi connectivity index (χ3n) is 1.60. The SMILES string of the molecule is [CH2-]CCCCCCCC.[OH-].[OH-].[OH-].[Zr+4]. The van der Waals surface area contributed by atoms with Gasteiger partial charge in [0.1, 0.15) is 0 Å². The first-order valence-corrected chi connectivity index (χ1v) is 4.21. The quantitative estimate of drug-likeness (QED) is 0.548. The van der Waals surface area contributed by atoms with E-state index < -0.39 is 0 Å². The van der Waals surface area contributed by atoms with Crippen LogP contribution in [0.25, 0.3) is 0 Å². The van der Waals surface area contributed by atoms with Crippen LogP contribution in [0.3, 0.4) is 0 Å². The molecule has 80 valence electrons. The molecule has 0 bridgehead atoms. The molecule has 0 aliphatic rings. The Kier molecular flexibility index (Phi) is 65.8. The van der Waals surface area contributed by atoms with Crippen molar-refractivity contribution in [1.29, 1.82) is 0 Å². The Morgan fingerprint density at radius 1 is 0.769 bits per heavy atom. The van der Waals surface area contributed by atoms with E-state index in [2.05, 4.69) is 13.8 Å². The van der Waals surface area contributed by atoms with Gasteiger partial charge in [-0.1, -0.05) is 45.4 Å². The maximum atomic E-state index is 3.80. The zero-order valence-electron chi connectivity index (χ0n) is 8.50. The molecule has 4 heteroatoms. The standard InChI is InChI=1S/C9H19.3H2O.Zr/c1-3-5-7-9-8-6-4-2;;;;/h1,3-9H2,2H3;3*1H2;/q-1;;;;+4/p-3. The van der Waals surface area contributed by atoms with Gasteiger partial charge in [0.05, 0.1) is 0 Å². The van der Waals surface area contributed by atoms with Gasteiger partial charge in [0.2, 0.25) is 0 Å². The first-order valence-electron chi connectivity index (χ1n) is 4.21. The molecule has 0 aliphatic carbocycles. The van der Waals surface area contributed by atoms with E-state index in [-0.39, 0.29) is 42.6 Å². The van der Waals surface area contributed by atoms with Gasteiger partial charge in [0.25, 0.3) is 0 Å². The molecule has 0 unspecified atom stereocenters. The number of hydrogen-bond acceptors (Lipinski definition) is 3. The molecule has 0 radical (unpaired) electrons. The van der Waals surface area contributed by atoms with Gasteiger partial charge in [0, 0.05) is 0 Å². The Bertz CT molecular complexity index is 48.1. The van der Waals surface area contributed by atoms with E-state index in [1.807, 2.05) is 0 Å². The van der Waals surface area contributed by atoms with Crippen LogP contribution in [0.2, 0.25) is 0 Å². The van der Waals surface area contributed by atoms with Gasteiger partial charge in [-0.15, -0.1) is 0 Å². The molecule has 0 heterocycles. The fourth-order valence-electron chi connectivity index (χ4n) is 0.957. The summed E-state index contributed by atoms with van der Waals surface area (Å²) < 4.78 is 0. The summed E-state index contributed by atoms with van der Waals surface area (Å²) in [5.41, 5.74) is 0. The van der Waals surface area contributed by atoms with E-state index in [1.165, 1.54) is 38.5 Å². The average molecular weight is 269 g/mol. The second-order valence-electron chi connectivity index (χ2n) is 2.62. The number of unbranched alkanes of at least 4 members (excludes halogenated alkanes) is 6. The molecule has 0 atom stereocenters. The molecule has 0 aromatic carbocycles. The van der Waals surface area contributed by atoms with Gasteiger partial charge in [-0.2, -0.15) is 6.42 Å². The van der Waals surface area contributed by atoms with Crippen molar-refractivity contribution in [3.05, 3.63) is 6.92 Å². The summed E-state index contributed by atoms with van der Waals surface area (Å²) in [5, 5.41) is 0. The Morgan fingerprint density at radius 3 is 1.54 bits per heavy atom. The largest absolute Gasteiger partial charge is 4.00 e. The van der Waals surface area contributed by atoms with Gasteiger partial charge in [0.15, 0.2) is 0 Å². The zero-order chi connectivity index (χ0) is 6.95. The summed E-state index contributed by atoms with van der Waals surface area (Å²) in [6, 6.07) is 0. The zero-order valence-corrected chi connectivity index (χ0v) is 11.0. The normalized spacial score (nSPS) is 6.92. The van der Waals surface area contributed by atoms with Gasteiger partial charge in [-0.3, -0.25) is 0 Å². The monoisotopic (exact) mass is 268 g/mol. The fraction of sp³-hybridized carbons (Fsp3) is 0.889. The molecule has 0 aromatic rings. The van der Waals surface area contributed by atoms with Crippen molar-refractivity contribution in [2.24, 2.45) is 0 Å². The first-order chi connectivity index (χ1) is 4.41. The van der Waals surface area contributed by atoms with Gasteiger partial charge in [-0.05, 0) is 0 Å². The minimum absolute atomic E-state index is 0. The molecule has 0 fully saturated rings. The Morgan fingerprint density at radius 2 is 1.15 bits per heavy atom. The van der Waals surface area contributed by atoms with Crippen molar-refractivity contribution in [2.45, 2.75) is 51.9 Å². The minimum atomic E-state index is 0. The second kappa shape index (κ2) is 29.3. The first kappa shape index (κ1) is 29.2. The molecule has 0 spiro atoms. The van der Waals surface area contributed by atoms with Crippen molar-refractivity contribution in [2.75, 3.05) is 0 Å². The van der Waals surface area contributed by atoms with E-state index in [9.17, 15) is 0 Å². The molecule has 0 rings (SSSR count). The van der Waals surface area contributed by atoms with Crippen molar-refractivity contribution in [3.63, 3.8) is 0 Å². The summed E-state index contributed by atoms with van der Waals surface area (Å²) in [7, 11) is 0. The maximum absolute atomic E-state index is 3.80. The Labute approximate surface area is 101 Å². The van der Waals surface area contributed by atoms with Crippen LogP contribution in [0.5, 0.6) is 0 Å². The Balaban J connectivity index is -0.0000000533. The summed E-state index contributed by atoms with van der Waals surface area (Å²) in [6.07, 6.45) is 9.45. The number of hydrogen-bond donors (Lipinski definition) is 0. The van der Waals surface area contributed by atoms with E-state index in [0.717, 1.165) is 6.42 Å². The van der Waals surface area contributed by atoms with E-state index >= 15 is 0 Å². The van der Waals surface area contributed by atoms with Crippen molar-refractivity contribution >= 4 is 0 Å². The molecule has 0 saturated carbocycles. The van der Waals surface area contributed by atoms with Gasteiger partial charge < -0.3 is 23.4 Å². The molecule has 3 N–H and O–H groups in total. The van der Waals surface area contributed by atoms with E-state index in [0.29, 0.717) is 0 Å². The van der Waals surface area contributed by atoms with Crippen LogP contribution in [-0.4, -0.2) is 16.4 Å². The molecule has 3 nitrogen and oxygen atoms in total. The summed E-state index contributed by atoms with van der Waals surface area (Å²) >= 11 is 0. The van der Waals surface area contributed by atoms with Gasteiger partial charge in [-0.25, -0.2) is 0 Å². The molecule has 0 saturated heterocycles. The van der Waals surface area contributed by atoms with E-state index in [4.69, 9.17) is 0 Å². The van der Waals surface area contributed by atoms with Crippen LogP contribution in [0.15, 0.2) is 0 Å². The van der Waals surface area contributed by atoms with Crippen LogP contribution in [0, 0.1) is 6.92 Å². The topological polar surface area (TPSA) is 90.0 Å². The maximum Gasteiger partial charge on any atom is 4.00 e. The van der Waals surface area contributed by atoms with Crippen LogP contribution < -0.4 is 0 Å². The molecule has 0 amide bonds. The van der Waals surface area contributed by atoms with E-state index in [1.54, 1.807) is 0 Å². The van der Waals surface area contributed by atoms with Crippen LogP contribution >= 0.6 is 0 Å². The Hall–Kier alpha value is 0.763.